The Morgan fingerprint density at radius 3 is 2.54 bits per heavy atom. The van der Waals surface area contributed by atoms with Crippen molar-refractivity contribution in [1.29, 1.82) is 0 Å². The van der Waals surface area contributed by atoms with Crippen molar-refractivity contribution >= 4 is 40.0 Å². The van der Waals surface area contributed by atoms with E-state index in [2.05, 4.69) is 25.4 Å². The lowest BCUT2D eigenvalue weighted by molar-refractivity contribution is 0.0792. The number of likely N-dealkylation sites (tertiary alicyclic amines) is 1. The first-order valence-electron chi connectivity index (χ1n) is 13.8. The summed E-state index contributed by atoms with van der Waals surface area (Å²) in [5, 5.41) is 16.2. The Hall–Kier alpha value is -4.25. The van der Waals surface area contributed by atoms with Crippen LogP contribution in [0.3, 0.4) is 0 Å². The van der Waals surface area contributed by atoms with Gasteiger partial charge in [-0.3, -0.25) is 14.3 Å². The van der Waals surface area contributed by atoms with Crippen LogP contribution in [0, 0.1) is 0 Å². The van der Waals surface area contributed by atoms with Crippen molar-refractivity contribution in [3.8, 4) is 0 Å². The van der Waals surface area contributed by atoms with E-state index in [1.54, 1.807) is 31.1 Å². The average Bonchev–Trinajstić information content (AvgIpc) is 3.42. The van der Waals surface area contributed by atoms with Gasteiger partial charge in [-0.25, -0.2) is 9.78 Å². The van der Waals surface area contributed by atoms with Gasteiger partial charge in [-0.15, -0.1) is 0 Å². The molecule has 0 radical (unpaired) electrons. The molecule has 10 nitrogen and oxygen atoms in total. The Balaban J connectivity index is 1.30. The number of anilines is 3. The molecule has 1 aliphatic rings. The van der Waals surface area contributed by atoms with Gasteiger partial charge in [0.25, 0.3) is 5.91 Å². The summed E-state index contributed by atoms with van der Waals surface area (Å²) in [7, 11) is 3.26. The monoisotopic (exact) mass is 556 g/mol. The third-order valence-electron chi connectivity index (χ3n) is 7.41. The Morgan fingerprint density at radius 2 is 1.80 bits per heavy atom. The summed E-state index contributed by atoms with van der Waals surface area (Å²) < 4.78 is 6.94. The van der Waals surface area contributed by atoms with Gasteiger partial charge in [-0.05, 0) is 60.9 Å². The number of hydrogen-bond acceptors (Lipinski definition) is 7. The van der Waals surface area contributed by atoms with E-state index in [0.29, 0.717) is 24.5 Å². The predicted octanol–water partition coefficient (Wildman–Crippen LogP) is 4.22. The van der Waals surface area contributed by atoms with Crippen molar-refractivity contribution in [3.05, 3.63) is 84.2 Å². The summed E-state index contributed by atoms with van der Waals surface area (Å²) in [6.07, 6.45) is 4.83. The van der Waals surface area contributed by atoms with Gasteiger partial charge >= 0.3 is 6.03 Å². The first-order valence-corrected chi connectivity index (χ1v) is 13.8. The normalized spacial score (nSPS) is 14.2. The molecule has 41 heavy (non-hydrogen) atoms. The number of carbonyl (C=O) groups is 2. The third kappa shape index (κ3) is 6.74. The zero-order valence-corrected chi connectivity index (χ0v) is 23.4. The molecule has 10 heteroatoms. The molecular weight excluding hydrogens is 520 g/mol. The molecule has 3 heterocycles. The largest absolute Gasteiger partial charge is 0.393 e. The minimum absolute atomic E-state index is 0.191. The van der Waals surface area contributed by atoms with Crippen LogP contribution in [0.25, 0.3) is 10.9 Å². The van der Waals surface area contributed by atoms with E-state index in [-0.39, 0.29) is 18.0 Å². The maximum absolute atomic E-state index is 13.0. The molecular formula is C31H36N6O4. The van der Waals surface area contributed by atoms with Crippen molar-refractivity contribution in [3.63, 3.8) is 0 Å². The predicted molar refractivity (Wildman–Crippen MR) is 160 cm³/mol. The van der Waals surface area contributed by atoms with E-state index in [4.69, 9.17) is 4.74 Å². The van der Waals surface area contributed by atoms with Gasteiger partial charge in [0.2, 0.25) is 0 Å². The molecule has 1 saturated heterocycles. The number of piperidine rings is 1. The summed E-state index contributed by atoms with van der Waals surface area (Å²) in [5.74, 6) is 0.209. The molecule has 4 aromatic rings. The molecule has 1 fully saturated rings. The highest BCUT2D eigenvalue weighted by Gasteiger charge is 2.18. The number of benzene rings is 2. The molecule has 2 aromatic carbocycles. The first kappa shape index (κ1) is 28.3. The third-order valence-corrected chi connectivity index (χ3v) is 7.41. The molecule has 0 saturated carbocycles. The number of hydrogen-bond donors (Lipinski definition) is 3. The topological polar surface area (TPSA) is 112 Å². The van der Waals surface area contributed by atoms with Crippen LogP contribution in [-0.2, 0) is 11.3 Å². The van der Waals surface area contributed by atoms with Crippen molar-refractivity contribution in [2.45, 2.75) is 25.5 Å². The number of carbonyl (C=O) groups excluding carboxylic acids is 2. The van der Waals surface area contributed by atoms with E-state index in [9.17, 15) is 14.7 Å². The lowest BCUT2D eigenvalue weighted by Gasteiger charge is -2.29. The molecule has 0 unspecified atom stereocenters. The number of fused-ring (bicyclic) bond motifs is 1. The van der Waals surface area contributed by atoms with Crippen LogP contribution >= 0.6 is 0 Å². The molecule has 5 rings (SSSR count). The number of rotatable bonds is 9. The summed E-state index contributed by atoms with van der Waals surface area (Å²) in [6.45, 7) is 3.63. The fourth-order valence-corrected chi connectivity index (χ4v) is 5.13. The van der Waals surface area contributed by atoms with Crippen molar-refractivity contribution < 1.29 is 19.4 Å². The molecule has 0 atom stereocenters. The van der Waals surface area contributed by atoms with Gasteiger partial charge in [-0.1, -0.05) is 12.1 Å². The van der Waals surface area contributed by atoms with Crippen LogP contribution in [0.4, 0.5) is 22.0 Å². The second kappa shape index (κ2) is 12.9. The Bertz CT molecular complexity index is 1490. The quantitative estimate of drug-likeness (QED) is 0.283. The number of methoxy groups -OCH3 is 1. The smallest absolute Gasteiger partial charge is 0.325 e. The molecule has 3 N–H and O–H groups in total. The lowest BCUT2D eigenvalue weighted by Crippen LogP contribution is -2.35. The summed E-state index contributed by atoms with van der Waals surface area (Å²) in [6, 6.07) is 19.0. The zero-order chi connectivity index (χ0) is 28.8. The number of amides is 2. The molecule has 1 aliphatic heterocycles. The molecule has 0 spiro atoms. The van der Waals surface area contributed by atoms with Gasteiger partial charge in [-0.2, -0.15) is 0 Å². The maximum Gasteiger partial charge on any atom is 0.325 e. The zero-order valence-electron chi connectivity index (χ0n) is 23.4. The van der Waals surface area contributed by atoms with Gasteiger partial charge in [0.15, 0.2) is 0 Å². The molecule has 2 aromatic heterocycles. The second-order valence-electron chi connectivity index (χ2n) is 10.2. The fraction of sp³-hybridized carbons (Fsp3) is 0.323. The van der Waals surface area contributed by atoms with E-state index in [1.165, 1.54) is 0 Å². The average molecular weight is 557 g/mol. The summed E-state index contributed by atoms with van der Waals surface area (Å²) in [5.41, 5.74) is 4.26. The van der Waals surface area contributed by atoms with Crippen molar-refractivity contribution in [1.82, 2.24) is 19.8 Å². The van der Waals surface area contributed by atoms with Gasteiger partial charge in [0.05, 0.1) is 18.2 Å². The standard InChI is InChI=1S/C31H36N6O4/c1-32-31(40)37-16-10-24-19-25(7-8-28(24)37)36(17-18-41-2)26-9-13-33-29(20-26)34-30(39)23-5-3-22(4-6-23)21-35-14-11-27(38)12-15-35/h3-10,13,16,19-20,27,38H,11-12,14-15,17-18,21H2,1-2H3,(H,32,40)(H,33,34,39). The number of aliphatic hydroxyl groups is 1. The molecule has 214 valence electrons. The van der Waals surface area contributed by atoms with Crippen LogP contribution < -0.4 is 15.5 Å². The van der Waals surface area contributed by atoms with E-state index in [0.717, 1.165) is 60.3 Å². The van der Waals surface area contributed by atoms with Gasteiger partial charge in [0, 0.05) is 81.1 Å². The van der Waals surface area contributed by atoms with Crippen LogP contribution in [0.1, 0.15) is 28.8 Å². The fourth-order valence-electron chi connectivity index (χ4n) is 5.13. The van der Waals surface area contributed by atoms with E-state index >= 15 is 0 Å². The Kier molecular flexibility index (Phi) is 8.93. The summed E-state index contributed by atoms with van der Waals surface area (Å²) >= 11 is 0. The van der Waals surface area contributed by atoms with Crippen molar-refractivity contribution in [2.24, 2.45) is 0 Å². The van der Waals surface area contributed by atoms with E-state index in [1.807, 2.05) is 60.7 Å². The van der Waals surface area contributed by atoms with Gasteiger partial charge < -0.3 is 25.4 Å². The van der Waals surface area contributed by atoms with Crippen LogP contribution in [0.5, 0.6) is 0 Å². The highest BCUT2D eigenvalue weighted by molar-refractivity contribution is 6.04. The number of aromatic nitrogens is 2. The SMILES string of the molecule is CNC(=O)n1ccc2cc(N(CCOC)c3ccnc(NC(=O)c4ccc(CN5CCC(O)CC5)cc4)c3)ccc21. The van der Waals surface area contributed by atoms with Crippen LogP contribution in [-0.4, -0.2) is 78.0 Å². The Labute approximate surface area is 239 Å². The van der Waals surface area contributed by atoms with Crippen LogP contribution in [0.2, 0.25) is 0 Å². The molecule has 0 bridgehead atoms. The minimum Gasteiger partial charge on any atom is -0.393 e. The molecule has 2 amide bonds. The number of ether oxygens (including phenoxy) is 1. The number of nitrogens with zero attached hydrogens (tertiary/aromatic N) is 4. The van der Waals surface area contributed by atoms with Crippen LogP contribution in [0.15, 0.2) is 73.1 Å². The highest BCUT2D eigenvalue weighted by Crippen LogP contribution is 2.30. The summed E-state index contributed by atoms with van der Waals surface area (Å²) in [4.78, 5) is 34.0. The first-order chi connectivity index (χ1) is 19.9. The van der Waals surface area contributed by atoms with E-state index < -0.39 is 0 Å². The number of pyridine rings is 1. The van der Waals surface area contributed by atoms with Gasteiger partial charge in [0.1, 0.15) is 5.82 Å². The lowest BCUT2D eigenvalue weighted by atomic mass is 10.1. The Morgan fingerprint density at radius 1 is 1.05 bits per heavy atom. The maximum atomic E-state index is 13.0. The van der Waals surface area contributed by atoms with Crippen molar-refractivity contribution in [2.75, 3.05) is 50.6 Å². The number of nitrogens with one attached hydrogen (secondary N) is 2. The highest BCUT2D eigenvalue weighted by atomic mass is 16.5. The second-order valence-corrected chi connectivity index (χ2v) is 10.2. The number of aliphatic hydroxyl groups excluding tert-OH is 1. The minimum atomic E-state index is -0.234. The molecule has 0 aliphatic carbocycles.